The molecule has 0 heterocycles. The molecule has 1 unspecified atom stereocenters. The van der Waals surface area contributed by atoms with Crippen molar-refractivity contribution in [2.45, 2.75) is 19.9 Å². The Bertz CT molecular complexity index is 626. The van der Waals surface area contributed by atoms with Gasteiger partial charge in [0.05, 0.1) is 11.1 Å². The van der Waals surface area contributed by atoms with Crippen LogP contribution in [0, 0.1) is 19.7 Å². The van der Waals surface area contributed by atoms with E-state index in [2.05, 4.69) is 0 Å². The van der Waals surface area contributed by atoms with E-state index in [-0.39, 0.29) is 5.02 Å². The Labute approximate surface area is 122 Å². The molecule has 2 aromatic carbocycles. The van der Waals surface area contributed by atoms with Crippen molar-refractivity contribution in [3.8, 4) is 0 Å². The fraction of sp³-hybridized carbons (Fsp3) is 0.200. The van der Waals surface area contributed by atoms with Gasteiger partial charge in [-0.3, -0.25) is 0 Å². The third-order valence-electron chi connectivity index (χ3n) is 3.20. The zero-order valence-electron chi connectivity index (χ0n) is 10.7. The summed E-state index contributed by atoms with van der Waals surface area (Å²) in [6.45, 7) is 3.83. The van der Waals surface area contributed by atoms with Crippen molar-refractivity contribution in [2.24, 2.45) is 5.73 Å². The number of hydrogen-bond donors (Lipinski definition) is 1. The Balaban J connectivity index is 2.53. The summed E-state index contributed by atoms with van der Waals surface area (Å²) in [6, 6.07) is 7.97. The molecule has 4 heteroatoms. The van der Waals surface area contributed by atoms with Gasteiger partial charge in [0.15, 0.2) is 0 Å². The second-order valence-electron chi connectivity index (χ2n) is 4.58. The molecule has 0 radical (unpaired) electrons. The highest BCUT2D eigenvalue weighted by atomic mass is 35.5. The fourth-order valence-corrected chi connectivity index (χ4v) is 2.53. The first-order valence-electron chi connectivity index (χ1n) is 5.88. The summed E-state index contributed by atoms with van der Waals surface area (Å²) in [6.07, 6.45) is 0. The van der Waals surface area contributed by atoms with Gasteiger partial charge in [0.25, 0.3) is 0 Å². The monoisotopic (exact) mass is 297 g/mol. The summed E-state index contributed by atoms with van der Waals surface area (Å²) in [5, 5.41) is 0.765. The SMILES string of the molecule is Cc1cc(C(N)c2cccc(F)c2Cl)c(C)cc1Cl. The van der Waals surface area contributed by atoms with Crippen molar-refractivity contribution in [1.82, 2.24) is 0 Å². The van der Waals surface area contributed by atoms with E-state index in [4.69, 9.17) is 28.9 Å². The summed E-state index contributed by atoms with van der Waals surface area (Å²) in [5.41, 5.74) is 9.58. The predicted octanol–water partition coefficient (Wildman–Crippen LogP) is 4.80. The van der Waals surface area contributed by atoms with Crippen LogP contribution in [0.4, 0.5) is 4.39 Å². The van der Waals surface area contributed by atoms with Gasteiger partial charge < -0.3 is 5.73 Å². The predicted molar refractivity (Wildman–Crippen MR) is 78.4 cm³/mol. The Morgan fingerprint density at radius 3 is 2.42 bits per heavy atom. The van der Waals surface area contributed by atoms with Gasteiger partial charge in [0.1, 0.15) is 5.82 Å². The van der Waals surface area contributed by atoms with Gasteiger partial charge in [-0.05, 0) is 48.2 Å². The van der Waals surface area contributed by atoms with Crippen LogP contribution in [-0.2, 0) is 0 Å². The van der Waals surface area contributed by atoms with Crippen LogP contribution in [-0.4, -0.2) is 0 Å². The molecule has 1 atom stereocenters. The average Bonchev–Trinajstić information content (AvgIpc) is 2.36. The minimum absolute atomic E-state index is 0.0713. The van der Waals surface area contributed by atoms with Gasteiger partial charge in [-0.1, -0.05) is 41.4 Å². The highest BCUT2D eigenvalue weighted by molar-refractivity contribution is 6.32. The fourth-order valence-electron chi connectivity index (χ4n) is 2.07. The van der Waals surface area contributed by atoms with E-state index in [1.54, 1.807) is 12.1 Å². The van der Waals surface area contributed by atoms with Crippen LogP contribution in [0.3, 0.4) is 0 Å². The Morgan fingerprint density at radius 2 is 1.74 bits per heavy atom. The third kappa shape index (κ3) is 2.76. The molecule has 0 aliphatic carbocycles. The molecule has 0 spiro atoms. The van der Waals surface area contributed by atoms with Crippen molar-refractivity contribution in [2.75, 3.05) is 0 Å². The normalized spacial score (nSPS) is 12.5. The number of halogens is 3. The van der Waals surface area contributed by atoms with E-state index < -0.39 is 11.9 Å². The standard InChI is InChI=1S/C15H14Cl2FN/c1-8-7-12(16)9(2)6-11(8)15(19)10-4-3-5-13(18)14(10)17/h3-7,15H,19H2,1-2H3. The lowest BCUT2D eigenvalue weighted by atomic mass is 9.94. The zero-order valence-corrected chi connectivity index (χ0v) is 12.2. The van der Waals surface area contributed by atoms with Crippen LogP contribution in [0.5, 0.6) is 0 Å². The van der Waals surface area contributed by atoms with E-state index in [0.717, 1.165) is 16.7 Å². The van der Waals surface area contributed by atoms with Crippen LogP contribution >= 0.6 is 23.2 Å². The molecule has 100 valence electrons. The number of rotatable bonds is 2. The van der Waals surface area contributed by atoms with Gasteiger partial charge >= 0.3 is 0 Å². The van der Waals surface area contributed by atoms with E-state index in [9.17, 15) is 4.39 Å². The van der Waals surface area contributed by atoms with Gasteiger partial charge in [-0.25, -0.2) is 4.39 Å². The lowest BCUT2D eigenvalue weighted by molar-refractivity contribution is 0.624. The quantitative estimate of drug-likeness (QED) is 0.847. The summed E-state index contributed by atoms with van der Waals surface area (Å²) in [4.78, 5) is 0. The van der Waals surface area contributed by atoms with E-state index in [1.165, 1.54) is 6.07 Å². The molecule has 0 bridgehead atoms. The van der Waals surface area contributed by atoms with Crippen LogP contribution in [0.25, 0.3) is 0 Å². The van der Waals surface area contributed by atoms with Gasteiger partial charge in [-0.15, -0.1) is 0 Å². The minimum atomic E-state index is -0.473. The maximum Gasteiger partial charge on any atom is 0.142 e. The molecular weight excluding hydrogens is 284 g/mol. The number of benzene rings is 2. The summed E-state index contributed by atoms with van der Waals surface area (Å²) in [7, 11) is 0. The molecular formula is C15H14Cl2FN. The van der Waals surface area contributed by atoms with Gasteiger partial charge in [0, 0.05) is 5.02 Å². The maximum atomic E-state index is 13.5. The maximum absolute atomic E-state index is 13.5. The first kappa shape index (κ1) is 14.3. The van der Waals surface area contributed by atoms with E-state index in [0.29, 0.717) is 10.6 Å². The van der Waals surface area contributed by atoms with Gasteiger partial charge in [-0.2, -0.15) is 0 Å². The largest absolute Gasteiger partial charge is 0.320 e. The first-order valence-corrected chi connectivity index (χ1v) is 6.63. The van der Waals surface area contributed by atoms with Crippen molar-refractivity contribution in [3.05, 3.63) is 68.4 Å². The molecule has 2 aromatic rings. The lowest BCUT2D eigenvalue weighted by Gasteiger charge is -2.18. The lowest BCUT2D eigenvalue weighted by Crippen LogP contribution is -2.14. The van der Waals surface area contributed by atoms with E-state index in [1.807, 2.05) is 26.0 Å². The van der Waals surface area contributed by atoms with Crippen molar-refractivity contribution in [1.29, 1.82) is 0 Å². The topological polar surface area (TPSA) is 26.0 Å². The minimum Gasteiger partial charge on any atom is -0.320 e. The van der Waals surface area contributed by atoms with Gasteiger partial charge in [0.2, 0.25) is 0 Å². The Hall–Kier alpha value is -1.09. The smallest absolute Gasteiger partial charge is 0.142 e. The van der Waals surface area contributed by atoms with E-state index >= 15 is 0 Å². The van der Waals surface area contributed by atoms with Crippen LogP contribution < -0.4 is 5.73 Å². The van der Waals surface area contributed by atoms with Crippen LogP contribution in [0.1, 0.15) is 28.3 Å². The molecule has 2 N–H and O–H groups in total. The molecule has 0 aliphatic rings. The molecule has 2 rings (SSSR count). The van der Waals surface area contributed by atoms with Crippen LogP contribution in [0.2, 0.25) is 10.0 Å². The molecule has 1 nitrogen and oxygen atoms in total. The molecule has 0 aromatic heterocycles. The molecule has 0 saturated carbocycles. The first-order chi connectivity index (χ1) is 8.91. The second kappa shape index (κ2) is 5.49. The zero-order chi connectivity index (χ0) is 14.2. The van der Waals surface area contributed by atoms with Crippen molar-refractivity contribution < 1.29 is 4.39 Å². The highest BCUT2D eigenvalue weighted by Crippen LogP contribution is 2.32. The molecule has 0 fully saturated rings. The molecule has 0 saturated heterocycles. The third-order valence-corrected chi connectivity index (χ3v) is 4.00. The average molecular weight is 298 g/mol. The molecule has 0 amide bonds. The highest BCUT2D eigenvalue weighted by Gasteiger charge is 2.17. The number of hydrogen-bond acceptors (Lipinski definition) is 1. The number of nitrogens with two attached hydrogens (primary N) is 1. The Kier molecular flexibility index (Phi) is 4.14. The Morgan fingerprint density at radius 1 is 1.05 bits per heavy atom. The van der Waals surface area contributed by atoms with Crippen LogP contribution in [0.15, 0.2) is 30.3 Å². The van der Waals surface area contributed by atoms with Crippen molar-refractivity contribution >= 4 is 23.2 Å². The molecule has 0 aliphatic heterocycles. The second-order valence-corrected chi connectivity index (χ2v) is 5.36. The summed E-state index contributed by atoms with van der Waals surface area (Å²) in [5.74, 6) is -0.460. The number of aryl methyl sites for hydroxylation is 2. The summed E-state index contributed by atoms with van der Waals surface area (Å²) < 4.78 is 13.5. The van der Waals surface area contributed by atoms with Crippen molar-refractivity contribution in [3.63, 3.8) is 0 Å². The molecule has 19 heavy (non-hydrogen) atoms. The summed E-state index contributed by atoms with van der Waals surface area (Å²) >= 11 is 12.0.